The van der Waals surface area contributed by atoms with E-state index in [9.17, 15) is 4.79 Å². The molecule has 3 aromatic heterocycles. The molecule has 0 aliphatic heterocycles. The van der Waals surface area contributed by atoms with E-state index in [2.05, 4.69) is 21.0 Å². The molecule has 0 fully saturated rings. The van der Waals surface area contributed by atoms with Crippen LogP contribution in [0.4, 0.5) is 0 Å². The van der Waals surface area contributed by atoms with E-state index in [-0.39, 0.29) is 5.78 Å². The SMILES string of the molecule is Cc1cc(-c2ncc(CCC(=O)c3ncc(-c4ccc(Cl)cc4)s3)cc2C)ccn1. The normalized spacial score (nSPS) is 10.9. The van der Waals surface area contributed by atoms with Crippen molar-refractivity contribution in [3.05, 3.63) is 87.9 Å². The number of Topliss-reactive ketones (excluding diaryl/α,β-unsaturated/α-hetero) is 1. The van der Waals surface area contributed by atoms with Gasteiger partial charge in [0, 0.05) is 41.3 Å². The Morgan fingerprint density at radius 3 is 2.50 bits per heavy atom. The standard InChI is InChI=1S/C24H20ClN3OS/c1-15-11-17(13-27-23(15)19-9-10-26-16(2)12-19)3-8-21(29)24-28-14-22(30-24)18-4-6-20(25)7-5-18/h4-7,9-14H,3,8H2,1-2H3. The third-order valence-corrected chi connectivity index (χ3v) is 6.16. The second-order valence-corrected chi connectivity index (χ2v) is 8.62. The van der Waals surface area contributed by atoms with Crippen LogP contribution in [0.3, 0.4) is 0 Å². The van der Waals surface area contributed by atoms with Crippen LogP contribution in [0.2, 0.25) is 5.02 Å². The van der Waals surface area contributed by atoms with E-state index in [4.69, 9.17) is 11.6 Å². The lowest BCUT2D eigenvalue weighted by Gasteiger charge is -2.08. The number of benzene rings is 1. The van der Waals surface area contributed by atoms with E-state index < -0.39 is 0 Å². The van der Waals surface area contributed by atoms with Crippen LogP contribution in [0.25, 0.3) is 21.7 Å². The molecular formula is C24H20ClN3OS. The monoisotopic (exact) mass is 433 g/mol. The quantitative estimate of drug-likeness (QED) is 0.332. The van der Waals surface area contributed by atoms with Crippen LogP contribution < -0.4 is 0 Å². The van der Waals surface area contributed by atoms with E-state index in [0.717, 1.165) is 38.5 Å². The van der Waals surface area contributed by atoms with E-state index in [0.29, 0.717) is 22.9 Å². The molecule has 6 heteroatoms. The van der Waals surface area contributed by atoms with Crippen molar-refractivity contribution in [2.75, 3.05) is 0 Å². The summed E-state index contributed by atoms with van der Waals surface area (Å²) in [5.74, 6) is 0.0479. The van der Waals surface area contributed by atoms with Crippen molar-refractivity contribution in [2.24, 2.45) is 0 Å². The Labute approximate surface area is 184 Å². The second kappa shape index (κ2) is 8.86. The molecule has 0 atom stereocenters. The lowest BCUT2D eigenvalue weighted by molar-refractivity contribution is 0.0982. The Morgan fingerprint density at radius 2 is 1.77 bits per heavy atom. The summed E-state index contributed by atoms with van der Waals surface area (Å²) in [6.07, 6.45) is 6.44. The number of thiazole rings is 1. The number of aryl methyl sites for hydroxylation is 3. The summed E-state index contributed by atoms with van der Waals surface area (Å²) in [5, 5.41) is 1.22. The third-order valence-electron chi connectivity index (χ3n) is 4.82. The lowest BCUT2D eigenvalue weighted by atomic mass is 10.0. The highest BCUT2D eigenvalue weighted by Crippen LogP contribution is 2.28. The average molecular weight is 434 g/mol. The summed E-state index contributed by atoms with van der Waals surface area (Å²) in [6.45, 7) is 4.01. The van der Waals surface area contributed by atoms with Crippen molar-refractivity contribution >= 4 is 28.7 Å². The molecule has 0 aliphatic rings. The Hall–Kier alpha value is -2.89. The van der Waals surface area contributed by atoms with Crippen molar-refractivity contribution in [2.45, 2.75) is 26.7 Å². The summed E-state index contributed by atoms with van der Waals surface area (Å²) in [7, 11) is 0. The maximum atomic E-state index is 12.6. The molecule has 0 saturated carbocycles. The highest BCUT2D eigenvalue weighted by Gasteiger charge is 2.13. The molecule has 0 amide bonds. The van der Waals surface area contributed by atoms with Gasteiger partial charge in [-0.1, -0.05) is 29.8 Å². The minimum absolute atomic E-state index is 0.0479. The van der Waals surface area contributed by atoms with Crippen molar-refractivity contribution in [3.8, 4) is 21.7 Å². The first kappa shape index (κ1) is 20.4. The maximum Gasteiger partial charge on any atom is 0.191 e. The molecule has 0 aliphatic carbocycles. The van der Waals surface area contributed by atoms with Crippen molar-refractivity contribution < 1.29 is 4.79 Å². The van der Waals surface area contributed by atoms with E-state index in [1.54, 1.807) is 12.4 Å². The van der Waals surface area contributed by atoms with E-state index >= 15 is 0 Å². The van der Waals surface area contributed by atoms with Gasteiger partial charge >= 0.3 is 0 Å². The van der Waals surface area contributed by atoms with Crippen molar-refractivity contribution in [1.82, 2.24) is 15.0 Å². The number of nitrogens with zero attached hydrogens (tertiary/aromatic N) is 3. The van der Waals surface area contributed by atoms with Crippen LogP contribution in [-0.2, 0) is 6.42 Å². The fraction of sp³-hybridized carbons (Fsp3) is 0.167. The van der Waals surface area contributed by atoms with Crippen LogP contribution in [0, 0.1) is 13.8 Å². The van der Waals surface area contributed by atoms with Gasteiger partial charge < -0.3 is 0 Å². The largest absolute Gasteiger partial charge is 0.292 e. The Balaban J connectivity index is 1.43. The molecule has 0 bridgehead atoms. The maximum absolute atomic E-state index is 12.6. The van der Waals surface area contributed by atoms with Crippen LogP contribution in [0.15, 0.2) is 61.1 Å². The lowest BCUT2D eigenvalue weighted by Crippen LogP contribution is -2.01. The highest BCUT2D eigenvalue weighted by atomic mass is 35.5. The summed E-state index contributed by atoms with van der Waals surface area (Å²) in [5.41, 5.74) is 6.11. The number of ketones is 1. The fourth-order valence-corrected chi connectivity index (χ4v) is 4.30. The van der Waals surface area contributed by atoms with Gasteiger partial charge in [-0.2, -0.15) is 0 Å². The first-order valence-electron chi connectivity index (χ1n) is 9.63. The smallest absolute Gasteiger partial charge is 0.191 e. The summed E-state index contributed by atoms with van der Waals surface area (Å²) in [6, 6.07) is 13.6. The van der Waals surface area contributed by atoms with Gasteiger partial charge in [-0.05, 0) is 61.2 Å². The number of carbonyl (C=O) groups is 1. The molecule has 0 N–H and O–H groups in total. The first-order valence-corrected chi connectivity index (χ1v) is 10.8. The molecule has 0 radical (unpaired) electrons. The summed E-state index contributed by atoms with van der Waals surface area (Å²) >= 11 is 7.36. The molecule has 4 rings (SSSR count). The van der Waals surface area contributed by atoms with Gasteiger partial charge in [-0.15, -0.1) is 11.3 Å². The number of rotatable bonds is 6. The number of carbonyl (C=O) groups excluding carboxylic acids is 1. The number of pyridine rings is 2. The predicted octanol–water partition coefficient (Wildman–Crippen LogP) is 6.35. The molecule has 0 spiro atoms. The second-order valence-electron chi connectivity index (χ2n) is 7.15. The molecular weight excluding hydrogens is 414 g/mol. The molecule has 0 unspecified atom stereocenters. The number of aromatic nitrogens is 3. The summed E-state index contributed by atoms with van der Waals surface area (Å²) < 4.78 is 0. The minimum Gasteiger partial charge on any atom is -0.292 e. The van der Waals surface area contributed by atoms with Gasteiger partial charge in [0.1, 0.15) is 0 Å². The third kappa shape index (κ3) is 4.64. The Bertz CT molecular complexity index is 1200. The molecule has 30 heavy (non-hydrogen) atoms. The Kier molecular flexibility index (Phi) is 6.02. The van der Waals surface area contributed by atoms with E-state index in [1.807, 2.05) is 56.4 Å². The zero-order valence-corrected chi connectivity index (χ0v) is 18.3. The molecule has 3 heterocycles. The molecule has 4 aromatic rings. The van der Waals surface area contributed by atoms with Gasteiger partial charge in [-0.25, -0.2) is 4.98 Å². The molecule has 150 valence electrons. The van der Waals surface area contributed by atoms with Gasteiger partial charge in [0.25, 0.3) is 0 Å². The van der Waals surface area contributed by atoms with Crippen molar-refractivity contribution in [3.63, 3.8) is 0 Å². The van der Waals surface area contributed by atoms with Crippen LogP contribution >= 0.6 is 22.9 Å². The summed E-state index contributed by atoms with van der Waals surface area (Å²) in [4.78, 5) is 26.8. The van der Waals surface area contributed by atoms with Crippen LogP contribution in [0.5, 0.6) is 0 Å². The average Bonchev–Trinajstić information content (AvgIpc) is 3.23. The van der Waals surface area contributed by atoms with Gasteiger partial charge in [0.2, 0.25) is 0 Å². The minimum atomic E-state index is 0.0479. The zero-order chi connectivity index (χ0) is 21.1. The van der Waals surface area contributed by atoms with Gasteiger partial charge in [0.15, 0.2) is 10.8 Å². The zero-order valence-electron chi connectivity index (χ0n) is 16.7. The fourth-order valence-electron chi connectivity index (χ4n) is 3.28. The number of hydrogen-bond donors (Lipinski definition) is 0. The molecule has 0 saturated heterocycles. The highest BCUT2D eigenvalue weighted by molar-refractivity contribution is 7.17. The van der Waals surface area contributed by atoms with Gasteiger partial charge in [0.05, 0.1) is 10.6 Å². The topological polar surface area (TPSA) is 55.7 Å². The molecule has 4 nitrogen and oxygen atoms in total. The first-order chi connectivity index (χ1) is 14.5. The number of halogens is 1. The van der Waals surface area contributed by atoms with Crippen molar-refractivity contribution in [1.29, 1.82) is 0 Å². The number of hydrogen-bond acceptors (Lipinski definition) is 5. The van der Waals surface area contributed by atoms with Gasteiger partial charge in [-0.3, -0.25) is 14.8 Å². The Morgan fingerprint density at radius 1 is 0.967 bits per heavy atom. The van der Waals surface area contributed by atoms with Crippen LogP contribution in [0.1, 0.15) is 33.0 Å². The van der Waals surface area contributed by atoms with Crippen LogP contribution in [-0.4, -0.2) is 20.7 Å². The predicted molar refractivity (Wildman–Crippen MR) is 122 cm³/mol. The van der Waals surface area contributed by atoms with E-state index in [1.165, 1.54) is 11.3 Å². The molecule has 1 aromatic carbocycles.